The number of rotatable bonds is 5. The maximum absolute atomic E-state index is 13.2. The average Bonchev–Trinajstić information content (AvgIpc) is 3.20. The molecule has 1 N–H and O–H groups in total. The van der Waals surface area contributed by atoms with Crippen LogP contribution in [0.1, 0.15) is 36.9 Å². The number of esters is 1. The van der Waals surface area contributed by atoms with E-state index >= 15 is 0 Å². The lowest BCUT2D eigenvalue weighted by molar-refractivity contribution is 0.0595. The Morgan fingerprint density at radius 2 is 1.94 bits per heavy atom. The van der Waals surface area contributed by atoms with Crippen LogP contribution < -0.4 is 4.72 Å². The van der Waals surface area contributed by atoms with Crippen molar-refractivity contribution in [1.29, 1.82) is 0 Å². The second-order valence-electron chi connectivity index (χ2n) is 7.20. The van der Waals surface area contributed by atoms with E-state index in [1.807, 2.05) is 6.92 Å². The summed E-state index contributed by atoms with van der Waals surface area (Å²) < 4.78 is 33.6. The minimum Gasteiger partial charge on any atom is -0.465 e. The van der Waals surface area contributed by atoms with E-state index in [1.54, 1.807) is 29.2 Å². The minimum absolute atomic E-state index is 0.0266. The normalized spacial score (nSPS) is 13.4. The lowest BCUT2D eigenvalue weighted by atomic mass is 10.0. The Morgan fingerprint density at radius 3 is 2.59 bits per heavy atom. The van der Waals surface area contributed by atoms with Crippen LogP contribution in [0.4, 0.5) is 5.69 Å². The number of aryl methyl sites for hydroxylation is 1. The van der Waals surface area contributed by atoms with Crippen molar-refractivity contribution in [2.75, 3.05) is 18.4 Å². The first-order valence-corrected chi connectivity index (χ1v) is 12.0. The Hall–Kier alpha value is -3.31. The van der Waals surface area contributed by atoms with Gasteiger partial charge in [-0.15, -0.1) is 11.3 Å². The standard InChI is InChI=1S/C21H20N4O5S2/c1-13-3-5-14(6-4-13)24-32(28,29)21-18(20(27)30-2)15-7-10-25(12-17(15)31-21)19(26)16-11-22-8-9-23-16/h3-6,8-9,11,24H,7,10,12H2,1-2H3. The molecule has 11 heteroatoms. The molecule has 1 amide bonds. The molecule has 166 valence electrons. The summed E-state index contributed by atoms with van der Waals surface area (Å²) in [6.07, 6.45) is 4.62. The van der Waals surface area contributed by atoms with Crippen molar-refractivity contribution in [3.05, 3.63) is 70.1 Å². The molecule has 0 radical (unpaired) electrons. The van der Waals surface area contributed by atoms with E-state index in [1.165, 1.54) is 25.7 Å². The number of anilines is 1. The second kappa shape index (κ2) is 8.67. The predicted octanol–water partition coefficient (Wildman–Crippen LogP) is 2.63. The zero-order chi connectivity index (χ0) is 22.9. The number of hydrogen-bond acceptors (Lipinski definition) is 8. The first kappa shape index (κ1) is 21.9. The third-order valence-electron chi connectivity index (χ3n) is 5.03. The van der Waals surface area contributed by atoms with Gasteiger partial charge < -0.3 is 9.64 Å². The van der Waals surface area contributed by atoms with Gasteiger partial charge in [-0.05, 0) is 31.0 Å². The number of carbonyl (C=O) groups is 2. The van der Waals surface area contributed by atoms with Crippen LogP contribution in [-0.2, 0) is 27.7 Å². The molecule has 2 aromatic heterocycles. The summed E-state index contributed by atoms with van der Waals surface area (Å²) in [4.78, 5) is 35.4. The summed E-state index contributed by atoms with van der Waals surface area (Å²) in [5.41, 5.74) is 2.20. The van der Waals surface area contributed by atoms with Gasteiger partial charge in [0.2, 0.25) is 0 Å². The van der Waals surface area contributed by atoms with Gasteiger partial charge in [-0.3, -0.25) is 14.5 Å². The van der Waals surface area contributed by atoms with Crippen molar-refractivity contribution in [2.45, 2.75) is 24.1 Å². The van der Waals surface area contributed by atoms with Gasteiger partial charge in [0.1, 0.15) is 5.69 Å². The highest BCUT2D eigenvalue weighted by Crippen LogP contribution is 2.37. The molecule has 0 saturated carbocycles. The van der Waals surface area contributed by atoms with Crippen LogP contribution in [0.25, 0.3) is 0 Å². The molecular weight excluding hydrogens is 452 g/mol. The number of fused-ring (bicyclic) bond motifs is 1. The Kier molecular flexibility index (Phi) is 5.94. The van der Waals surface area contributed by atoms with E-state index in [9.17, 15) is 18.0 Å². The van der Waals surface area contributed by atoms with Crippen molar-refractivity contribution >= 4 is 38.9 Å². The number of thiophene rings is 1. The van der Waals surface area contributed by atoms with Crippen molar-refractivity contribution in [3.8, 4) is 0 Å². The highest BCUT2D eigenvalue weighted by molar-refractivity contribution is 7.94. The number of amides is 1. The number of sulfonamides is 1. The molecule has 0 fully saturated rings. The molecule has 1 aliphatic rings. The molecule has 0 atom stereocenters. The number of methoxy groups -OCH3 is 1. The molecule has 0 saturated heterocycles. The smallest absolute Gasteiger partial charge is 0.340 e. The molecule has 4 rings (SSSR count). The highest BCUT2D eigenvalue weighted by atomic mass is 32.2. The van der Waals surface area contributed by atoms with Crippen molar-refractivity contribution in [3.63, 3.8) is 0 Å². The summed E-state index contributed by atoms with van der Waals surface area (Å²) in [5.74, 6) is -1.03. The van der Waals surface area contributed by atoms with Crippen molar-refractivity contribution in [2.24, 2.45) is 0 Å². The van der Waals surface area contributed by atoms with E-state index in [2.05, 4.69) is 14.7 Å². The fraction of sp³-hybridized carbons (Fsp3) is 0.238. The quantitative estimate of drug-likeness (QED) is 0.567. The summed E-state index contributed by atoms with van der Waals surface area (Å²) >= 11 is 0.970. The van der Waals surface area contributed by atoms with Gasteiger partial charge in [0.15, 0.2) is 4.21 Å². The largest absolute Gasteiger partial charge is 0.465 e. The Labute approximate surface area is 189 Å². The molecule has 3 aromatic rings. The molecule has 1 aliphatic heterocycles. The SMILES string of the molecule is COC(=O)c1c(S(=O)(=O)Nc2ccc(C)cc2)sc2c1CCN(C(=O)c1cnccn1)C2. The Balaban J connectivity index is 1.69. The molecular formula is C21H20N4O5S2. The lowest BCUT2D eigenvalue weighted by Gasteiger charge is -2.26. The van der Waals surface area contributed by atoms with Gasteiger partial charge in [0.25, 0.3) is 15.9 Å². The zero-order valence-electron chi connectivity index (χ0n) is 17.4. The lowest BCUT2D eigenvalue weighted by Crippen LogP contribution is -2.36. The number of aromatic nitrogens is 2. The topological polar surface area (TPSA) is 119 Å². The number of carbonyl (C=O) groups excluding carboxylic acids is 2. The zero-order valence-corrected chi connectivity index (χ0v) is 19.0. The van der Waals surface area contributed by atoms with E-state index in [4.69, 9.17) is 4.74 Å². The summed E-state index contributed by atoms with van der Waals surface area (Å²) in [7, 11) is -2.84. The van der Waals surface area contributed by atoms with E-state index in [-0.39, 0.29) is 27.9 Å². The van der Waals surface area contributed by atoms with Gasteiger partial charge in [0, 0.05) is 29.5 Å². The Bertz CT molecular complexity index is 1270. The number of nitrogens with one attached hydrogen (secondary N) is 1. The number of ether oxygens (including phenoxy) is 1. The third-order valence-corrected chi connectivity index (χ3v) is 8.15. The van der Waals surface area contributed by atoms with Crippen LogP contribution in [0.3, 0.4) is 0 Å². The molecule has 9 nitrogen and oxygen atoms in total. The highest BCUT2D eigenvalue weighted by Gasteiger charge is 2.35. The summed E-state index contributed by atoms with van der Waals surface area (Å²) in [5, 5.41) is 0. The molecule has 32 heavy (non-hydrogen) atoms. The van der Waals surface area contributed by atoms with Crippen LogP contribution in [0.2, 0.25) is 0 Å². The number of benzene rings is 1. The van der Waals surface area contributed by atoms with Crippen LogP contribution >= 0.6 is 11.3 Å². The molecule has 0 unspecified atom stereocenters. The predicted molar refractivity (Wildman–Crippen MR) is 118 cm³/mol. The molecule has 0 bridgehead atoms. The maximum Gasteiger partial charge on any atom is 0.340 e. The van der Waals surface area contributed by atoms with Crippen LogP contribution in [-0.4, -0.2) is 48.8 Å². The molecule has 3 heterocycles. The Morgan fingerprint density at radius 1 is 1.19 bits per heavy atom. The average molecular weight is 473 g/mol. The monoisotopic (exact) mass is 472 g/mol. The van der Waals surface area contributed by atoms with Gasteiger partial charge in [-0.1, -0.05) is 17.7 Å². The fourth-order valence-corrected chi connectivity index (χ4v) is 6.40. The minimum atomic E-state index is -4.05. The van der Waals surface area contributed by atoms with E-state index < -0.39 is 16.0 Å². The van der Waals surface area contributed by atoms with Gasteiger partial charge >= 0.3 is 5.97 Å². The van der Waals surface area contributed by atoms with Gasteiger partial charge in [-0.25, -0.2) is 18.2 Å². The molecule has 1 aromatic carbocycles. The van der Waals surface area contributed by atoms with Crippen LogP contribution in [0.15, 0.2) is 47.1 Å². The number of nitrogens with zero attached hydrogens (tertiary/aromatic N) is 3. The van der Waals surface area contributed by atoms with Gasteiger partial charge in [-0.2, -0.15) is 0 Å². The summed E-state index contributed by atoms with van der Waals surface area (Å²) in [6, 6.07) is 6.88. The third kappa shape index (κ3) is 4.21. The number of hydrogen-bond donors (Lipinski definition) is 1. The maximum atomic E-state index is 13.2. The van der Waals surface area contributed by atoms with Crippen LogP contribution in [0, 0.1) is 6.92 Å². The van der Waals surface area contributed by atoms with Crippen molar-refractivity contribution < 1.29 is 22.7 Å². The first-order valence-electron chi connectivity index (χ1n) is 9.68. The second-order valence-corrected chi connectivity index (χ2v) is 10.2. The van der Waals surface area contributed by atoms with Crippen molar-refractivity contribution in [1.82, 2.24) is 14.9 Å². The van der Waals surface area contributed by atoms with Gasteiger partial charge in [0.05, 0.1) is 25.4 Å². The fourth-order valence-electron chi connectivity index (χ4n) is 3.44. The molecule has 0 spiro atoms. The van der Waals surface area contributed by atoms with E-state index in [0.29, 0.717) is 29.1 Å². The van der Waals surface area contributed by atoms with Crippen LogP contribution in [0.5, 0.6) is 0 Å². The van der Waals surface area contributed by atoms with E-state index in [0.717, 1.165) is 16.9 Å². The first-order chi connectivity index (χ1) is 15.3. The molecule has 0 aliphatic carbocycles. The summed E-state index contributed by atoms with van der Waals surface area (Å²) in [6.45, 7) is 2.38.